The first-order chi connectivity index (χ1) is 10.0. The highest BCUT2D eigenvalue weighted by molar-refractivity contribution is 6.06. The first-order valence-electron chi connectivity index (χ1n) is 6.75. The van der Waals surface area contributed by atoms with Crippen LogP contribution >= 0.6 is 0 Å². The smallest absolute Gasteiger partial charge is 0.252 e. The number of fused-ring (bicyclic) bond motifs is 1. The molecule has 21 heavy (non-hydrogen) atoms. The van der Waals surface area contributed by atoms with Crippen LogP contribution in [0.25, 0.3) is 10.9 Å². The number of H-pyrrole nitrogens is 1. The van der Waals surface area contributed by atoms with Crippen molar-refractivity contribution in [2.45, 2.75) is 25.8 Å². The van der Waals surface area contributed by atoms with Crippen molar-refractivity contribution in [1.29, 1.82) is 0 Å². The van der Waals surface area contributed by atoms with Gasteiger partial charge in [0, 0.05) is 24.1 Å². The Morgan fingerprint density at radius 1 is 1.43 bits per heavy atom. The predicted molar refractivity (Wildman–Crippen MR) is 77.8 cm³/mol. The Labute approximate surface area is 120 Å². The van der Waals surface area contributed by atoms with Crippen LogP contribution in [-0.4, -0.2) is 28.6 Å². The fourth-order valence-electron chi connectivity index (χ4n) is 2.19. The lowest BCUT2D eigenvalue weighted by Gasteiger charge is -2.14. The first kappa shape index (κ1) is 15.2. The molecule has 0 saturated carbocycles. The number of hydrogen-bond donors (Lipinski definition) is 3. The van der Waals surface area contributed by atoms with Crippen LogP contribution in [0, 0.1) is 5.82 Å². The zero-order chi connectivity index (χ0) is 15.4. The molecular formula is C15H17FN2O3. The number of amides is 1. The fraction of sp³-hybridized carbons (Fsp3) is 0.333. The Bertz CT molecular complexity index is 712. The zero-order valence-electron chi connectivity index (χ0n) is 11.6. The van der Waals surface area contributed by atoms with Crippen LogP contribution < -0.4 is 10.9 Å². The van der Waals surface area contributed by atoms with Crippen LogP contribution in [0.4, 0.5) is 4.39 Å². The van der Waals surface area contributed by atoms with Crippen LogP contribution in [0.1, 0.15) is 30.1 Å². The number of aromatic amines is 1. The number of carbonyl (C=O) groups is 1. The summed E-state index contributed by atoms with van der Waals surface area (Å²) in [6.45, 7) is 1.88. The summed E-state index contributed by atoms with van der Waals surface area (Å²) in [6.07, 6.45) is 1.22. The number of aromatic nitrogens is 1. The van der Waals surface area contributed by atoms with Crippen molar-refractivity contribution in [2.24, 2.45) is 0 Å². The second-order valence-electron chi connectivity index (χ2n) is 4.98. The highest BCUT2D eigenvalue weighted by Crippen LogP contribution is 2.16. The third-order valence-corrected chi connectivity index (χ3v) is 3.22. The molecule has 6 heteroatoms. The SMILES string of the molecule is CC(CCCO)NC(=O)c1cc(=O)[nH]c2cc(F)ccc12. The second-order valence-corrected chi connectivity index (χ2v) is 4.98. The van der Waals surface area contributed by atoms with Gasteiger partial charge in [0.05, 0.1) is 11.1 Å². The number of aliphatic hydroxyl groups excluding tert-OH is 1. The second kappa shape index (κ2) is 6.49. The minimum absolute atomic E-state index is 0.0629. The van der Waals surface area contributed by atoms with Gasteiger partial charge in [-0.2, -0.15) is 0 Å². The van der Waals surface area contributed by atoms with Crippen molar-refractivity contribution in [1.82, 2.24) is 10.3 Å². The van der Waals surface area contributed by atoms with Crippen LogP contribution in [0.3, 0.4) is 0 Å². The van der Waals surface area contributed by atoms with E-state index < -0.39 is 11.4 Å². The molecule has 0 aliphatic heterocycles. The number of rotatable bonds is 5. The van der Waals surface area contributed by atoms with E-state index in [9.17, 15) is 14.0 Å². The highest BCUT2D eigenvalue weighted by Gasteiger charge is 2.14. The Morgan fingerprint density at radius 2 is 2.19 bits per heavy atom. The van der Waals surface area contributed by atoms with Crippen LogP contribution in [-0.2, 0) is 0 Å². The minimum Gasteiger partial charge on any atom is -0.396 e. The first-order valence-corrected chi connectivity index (χ1v) is 6.75. The van der Waals surface area contributed by atoms with Crippen molar-refractivity contribution >= 4 is 16.8 Å². The summed E-state index contributed by atoms with van der Waals surface area (Å²) in [7, 11) is 0. The van der Waals surface area contributed by atoms with Crippen molar-refractivity contribution in [3.63, 3.8) is 0 Å². The Kier molecular flexibility index (Phi) is 4.70. The molecule has 0 bridgehead atoms. The number of hydrogen-bond acceptors (Lipinski definition) is 3. The summed E-state index contributed by atoms with van der Waals surface area (Å²) in [5.74, 6) is -0.866. The number of halogens is 1. The maximum absolute atomic E-state index is 13.2. The standard InChI is InChI=1S/C15H17FN2O3/c1-9(3-2-6-19)17-15(21)12-8-14(20)18-13-7-10(16)4-5-11(12)13/h4-5,7-9,19H,2-3,6H2,1H3,(H,17,21)(H,18,20). The molecule has 1 aromatic carbocycles. The average Bonchev–Trinajstić information content (AvgIpc) is 2.43. The van der Waals surface area contributed by atoms with E-state index in [2.05, 4.69) is 10.3 Å². The van der Waals surface area contributed by atoms with Crippen molar-refractivity contribution in [3.8, 4) is 0 Å². The quantitative estimate of drug-likeness (QED) is 0.782. The van der Waals surface area contributed by atoms with Crippen LogP contribution in [0.5, 0.6) is 0 Å². The molecule has 1 atom stereocenters. The number of carbonyl (C=O) groups excluding carboxylic acids is 1. The molecule has 1 unspecified atom stereocenters. The number of aliphatic hydroxyl groups is 1. The summed E-state index contributed by atoms with van der Waals surface area (Å²) in [6, 6.07) is 4.97. The molecule has 1 amide bonds. The van der Waals surface area contributed by atoms with Crippen molar-refractivity contribution in [2.75, 3.05) is 6.61 Å². The van der Waals surface area contributed by atoms with Gasteiger partial charge >= 0.3 is 0 Å². The lowest BCUT2D eigenvalue weighted by molar-refractivity contribution is 0.0938. The molecule has 112 valence electrons. The molecule has 2 aromatic rings. The van der Waals surface area contributed by atoms with Gasteiger partial charge in [0.2, 0.25) is 5.56 Å². The van der Waals surface area contributed by atoms with E-state index in [0.29, 0.717) is 18.2 Å². The lowest BCUT2D eigenvalue weighted by atomic mass is 10.1. The van der Waals surface area contributed by atoms with Gasteiger partial charge in [0.1, 0.15) is 5.82 Å². The normalized spacial score (nSPS) is 12.3. The molecular weight excluding hydrogens is 275 g/mol. The highest BCUT2D eigenvalue weighted by atomic mass is 19.1. The van der Waals surface area contributed by atoms with Gasteiger partial charge in [-0.1, -0.05) is 0 Å². The maximum atomic E-state index is 13.2. The molecule has 0 aliphatic carbocycles. The van der Waals surface area contributed by atoms with E-state index in [1.54, 1.807) is 0 Å². The zero-order valence-corrected chi connectivity index (χ0v) is 11.6. The summed E-state index contributed by atoms with van der Waals surface area (Å²) in [5, 5.41) is 12.0. The monoisotopic (exact) mass is 292 g/mol. The molecule has 0 spiro atoms. The summed E-state index contributed by atoms with van der Waals surface area (Å²) >= 11 is 0. The van der Waals surface area contributed by atoms with E-state index >= 15 is 0 Å². The average molecular weight is 292 g/mol. The van der Waals surface area contributed by atoms with Crippen molar-refractivity contribution < 1.29 is 14.3 Å². The molecule has 1 heterocycles. The van der Waals surface area contributed by atoms with Gasteiger partial charge in [-0.05, 0) is 38.0 Å². The summed E-state index contributed by atoms with van der Waals surface area (Å²) < 4.78 is 13.2. The molecule has 0 fully saturated rings. The third kappa shape index (κ3) is 3.66. The predicted octanol–water partition coefficient (Wildman–Crippen LogP) is 1.56. The topological polar surface area (TPSA) is 82.2 Å². The molecule has 0 saturated heterocycles. The number of benzene rings is 1. The van der Waals surface area contributed by atoms with E-state index in [0.717, 1.165) is 0 Å². The van der Waals surface area contributed by atoms with E-state index in [4.69, 9.17) is 5.11 Å². The molecule has 0 radical (unpaired) electrons. The number of nitrogens with one attached hydrogen (secondary N) is 2. The largest absolute Gasteiger partial charge is 0.396 e. The van der Waals surface area contributed by atoms with Gasteiger partial charge in [-0.25, -0.2) is 4.39 Å². The molecule has 3 N–H and O–H groups in total. The minimum atomic E-state index is -0.480. The summed E-state index contributed by atoms with van der Waals surface area (Å²) in [5.41, 5.74) is 0.0431. The molecule has 1 aromatic heterocycles. The van der Waals surface area contributed by atoms with E-state index in [-0.39, 0.29) is 29.6 Å². The summed E-state index contributed by atoms with van der Waals surface area (Å²) in [4.78, 5) is 26.3. The van der Waals surface area contributed by atoms with E-state index in [1.807, 2.05) is 6.92 Å². The van der Waals surface area contributed by atoms with E-state index in [1.165, 1.54) is 24.3 Å². The molecule has 2 rings (SSSR count). The van der Waals surface area contributed by atoms with Gasteiger partial charge in [-0.3, -0.25) is 9.59 Å². The Balaban J connectivity index is 2.32. The van der Waals surface area contributed by atoms with Crippen LogP contribution in [0.15, 0.2) is 29.1 Å². The fourth-order valence-corrected chi connectivity index (χ4v) is 2.19. The van der Waals surface area contributed by atoms with Crippen LogP contribution in [0.2, 0.25) is 0 Å². The Hall–Kier alpha value is -2.21. The van der Waals surface area contributed by atoms with Gasteiger partial charge < -0.3 is 15.4 Å². The van der Waals surface area contributed by atoms with Gasteiger partial charge in [0.15, 0.2) is 0 Å². The van der Waals surface area contributed by atoms with Gasteiger partial charge in [0.25, 0.3) is 5.91 Å². The van der Waals surface area contributed by atoms with Gasteiger partial charge in [-0.15, -0.1) is 0 Å². The number of pyridine rings is 1. The lowest BCUT2D eigenvalue weighted by Crippen LogP contribution is -2.33. The maximum Gasteiger partial charge on any atom is 0.252 e. The van der Waals surface area contributed by atoms with Crippen molar-refractivity contribution in [3.05, 3.63) is 46.0 Å². The molecule has 5 nitrogen and oxygen atoms in total. The molecule has 0 aliphatic rings. The third-order valence-electron chi connectivity index (χ3n) is 3.22. The Morgan fingerprint density at radius 3 is 2.90 bits per heavy atom.